The first-order valence-electron chi connectivity index (χ1n) is 8.82. The van der Waals surface area contributed by atoms with Crippen molar-refractivity contribution in [2.75, 3.05) is 7.05 Å². The van der Waals surface area contributed by atoms with Crippen LogP contribution in [0.2, 0.25) is 0 Å². The van der Waals surface area contributed by atoms with Crippen molar-refractivity contribution < 1.29 is 18.0 Å². The molecule has 4 aromatic rings. The highest BCUT2D eigenvalue weighted by Crippen LogP contribution is 2.28. The molecule has 1 amide bonds. The summed E-state index contributed by atoms with van der Waals surface area (Å²) in [4.78, 5) is 28.7. The third-order valence-electron chi connectivity index (χ3n) is 5.17. The first kappa shape index (κ1) is 18.8. The molecule has 5 nitrogen and oxygen atoms in total. The van der Waals surface area contributed by atoms with Crippen LogP contribution in [0.5, 0.6) is 0 Å². The van der Waals surface area contributed by atoms with Crippen LogP contribution in [0.25, 0.3) is 16.3 Å². The topological polar surface area (TPSA) is 57.6 Å². The van der Waals surface area contributed by atoms with Gasteiger partial charge in [0.05, 0.1) is 22.5 Å². The summed E-state index contributed by atoms with van der Waals surface area (Å²) in [6, 6.07) is 5.95. The third kappa shape index (κ3) is 2.97. The lowest BCUT2D eigenvalue weighted by Crippen LogP contribution is -2.30. The Labute approximate surface area is 163 Å². The molecule has 3 aromatic heterocycles. The van der Waals surface area contributed by atoms with Crippen LogP contribution in [0, 0.1) is 17.5 Å². The van der Waals surface area contributed by atoms with Crippen molar-refractivity contribution in [2.24, 2.45) is 0 Å². The molecular formula is C21H16F3N3O2. The largest absolute Gasteiger partial charge is 0.335 e. The van der Waals surface area contributed by atoms with Crippen molar-refractivity contribution in [2.45, 2.75) is 13.0 Å². The standard InChI is InChI=1S/C21H16F3N3O2/c1-11(14-9-25-20(28)18-13(14)5-6-16(23)19(18)24)26(2)21(29)12-8-17-15(22)4-3-7-27(17)10-12/h3-11H,1-2H3,(H,25,28). The minimum atomic E-state index is -1.24. The van der Waals surface area contributed by atoms with Crippen LogP contribution in [0.15, 0.2) is 53.7 Å². The van der Waals surface area contributed by atoms with E-state index in [9.17, 15) is 22.8 Å². The first-order valence-corrected chi connectivity index (χ1v) is 8.82. The van der Waals surface area contributed by atoms with Crippen molar-refractivity contribution in [1.29, 1.82) is 0 Å². The first-order chi connectivity index (χ1) is 13.8. The highest BCUT2D eigenvalue weighted by molar-refractivity contribution is 5.96. The number of benzene rings is 1. The molecule has 0 radical (unpaired) electrons. The van der Waals surface area contributed by atoms with Gasteiger partial charge in [-0.3, -0.25) is 9.59 Å². The van der Waals surface area contributed by atoms with E-state index in [4.69, 9.17) is 0 Å². The molecule has 8 heteroatoms. The van der Waals surface area contributed by atoms with Crippen molar-refractivity contribution >= 4 is 22.2 Å². The molecule has 0 aliphatic rings. The van der Waals surface area contributed by atoms with Crippen LogP contribution in [-0.4, -0.2) is 27.2 Å². The zero-order valence-corrected chi connectivity index (χ0v) is 15.5. The fourth-order valence-corrected chi connectivity index (χ4v) is 3.46. The van der Waals surface area contributed by atoms with Gasteiger partial charge in [-0.25, -0.2) is 13.2 Å². The lowest BCUT2D eigenvalue weighted by atomic mass is 10.0. The van der Waals surface area contributed by atoms with Gasteiger partial charge in [-0.05, 0) is 42.1 Å². The number of hydrogen-bond donors (Lipinski definition) is 1. The zero-order valence-electron chi connectivity index (χ0n) is 15.5. The molecule has 1 unspecified atom stereocenters. The summed E-state index contributed by atoms with van der Waals surface area (Å²) in [6.45, 7) is 1.70. The Balaban J connectivity index is 1.76. The number of carbonyl (C=O) groups excluding carboxylic acids is 1. The minimum Gasteiger partial charge on any atom is -0.335 e. The van der Waals surface area contributed by atoms with E-state index >= 15 is 0 Å². The zero-order chi connectivity index (χ0) is 20.9. The van der Waals surface area contributed by atoms with Gasteiger partial charge in [0, 0.05) is 25.6 Å². The Morgan fingerprint density at radius 1 is 1.17 bits per heavy atom. The second-order valence-electron chi connectivity index (χ2n) is 6.83. The third-order valence-corrected chi connectivity index (χ3v) is 5.17. The van der Waals surface area contributed by atoms with E-state index in [0.29, 0.717) is 5.56 Å². The maximum atomic E-state index is 14.2. The van der Waals surface area contributed by atoms with Gasteiger partial charge in [-0.1, -0.05) is 6.07 Å². The van der Waals surface area contributed by atoms with E-state index in [1.54, 1.807) is 20.2 Å². The van der Waals surface area contributed by atoms with Gasteiger partial charge in [0.2, 0.25) is 0 Å². The molecule has 0 fully saturated rings. The second kappa shape index (κ2) is 6.80. The van der Waals surface area contributed by atoms with Gasteiger partial charge < -0.3 is 14.3 Å². The van der Waals surface area contributed by atoms with Crippen LogP contribution < -0.4 is 5.56 Å². The van der Waals surface area contributed by atoms with Crippen LogP contribution in [0.4, 0.5) is 13.2 Å². The summed E-state index contributed by atoms with van der Waals surface area (Å²) in [7, 11) is 1.54. The summed E-state index contributed by atoms with van der Waals surface area (Å²) in [5.74, 6) is -3.20. The summed E-state index contributed by atoms with van der Waals surface area (Å²) in [6.07, 6.45) is 4.53. The van der Waals surface area contributed by atoms with Crippen molar-refractivity contribution in [3.05, 3.63) is 87.9 Å². The summed E-state index contributed by atoms with van der Waals surface area (Å²) < 4.78 is 43.2. The minimum absolute atomic E-state index is 0.216. The maximum Gasteiger partial charge on any atom is 0.258 e. The van der Waals surface area contributed by atoms with Crippen molar-refractivity contribution in [3.63, 3.8) is 0 Å². The van der Waals surface area contributed by atoms with Gasteiger partial charge >= 0.3 is 0 Å². The number of halogens is 3. The molecule has 29 heavy (non-hydrogen) atoms. The van der Waals surface area contributed by atoms with E-state index in [2.05, 4.69) is 4.98 Å². The molecule has 0 aliphatic heterocycles. The molecule has 1 N–H and O–H groups in total. The fraction of sp³-hybridized carbons (Fsp3) is 0.143. The fourth-order valence-electron chi connectivity index (χ4n) is 3.46. The number of amides is 1. The maximum absolute atomic E-state index is 14.2. The number of rotatable bonds is 3. The summed E-state index contributed by atoms with van der Waals surface area (Å²) in [5.41, 5.74) is 0.236. The molecule has 4 rings (SSSR count). The van der Waals surface area contributed by atoms with Gasteiger partial charge in [-0.15, -0.1) is 0 Å². The monoisotopic (exact) mass is 399 g/mol. The molecule has 0 spiro atoms. The molecule has 3 heterocycles. The lowest BCUT2D eigenvalue weighted by Gasteiger charge is -2.26. The second-order valence-corrected chi connectivity index (χ2v) is 6.83. The Hall–Kier alpha value is -3.55. The van der Waals surface area contributed by atoms with Crippen LogP contribution >= 0.6 is 0 Å². The van der Waals surface area contributed by atoms with Gasteiger partial charge in [0.1, 0.15) is 5.82 Å². The Morgan fingerprint density at radius 2 is 1.93 bits per heavy atom. The summed E-state index contributed by atoms with van der Waals surface area (Å²) >= 11 is 0. The number of hydrogen-bond acceptors (Lipinski definition) is 2. The molecule has 1 aromatic carbocycles. The number of H-pyrrole nitrogens is 1. The normalized spacial score (nSPS) is 12.4. The number of carbonyl (C=O) groups is 1. The molecule has 0 bridgehead atoms. The van der Waals surface area contributed by atoms with Crippen LogP contribution in [-0.2, 0) is 0 Å². The van der Waals surface area contributed by atoms with E-state index in [-0.39, 0.29) is 22.4 Å². The van der Waals surface area contributed by atoms with Crippen LogP contribution in [0.3, 0.4) is 0 Å². The van der Waals surface area contributed by atoms with Gasteiger partial charge in [-0.2, -0.15) is 0 Å². The van der Waals surface area contributed by atoms with E-state index in [1.807, 2.05) is 0 Å². The highest BCUT2D eigenvalue weighted by atomic mass is 19.2. The van der Waals surface area contributed by atoms with E-state index < -0.39 is 34.4 Å². The molecular weight excluding hydrogens is 383 g/mol. The number of aromatic amines is 1. The molecule has 0 saturated carbocycles. The molecule has 148 valence electrons. The van der Waals surface area contributed by atoms with E-state index in [0.717, 1.165) is 6.07 Å². The molecule has 1 atom stereocenters. The molecule has 0 saturated heterocycles. The number of pyridine rings is 2. The van der Waals surface area contributed by atoms with E-state index in [1.165, 1.54) is 46.0 Å². The number of nitrogens with one attached hydrogen (secondary N) is 1. The number of aromatic nitrogens is 2. The Morgan fingerprint density at radius 3 is 2.66 bits per heavy atom. The predicted molar refractivity (Wildman–Crippen MR) is 102 cm³/mol. The molecule has 0 aliphatic carbocycles. The number of fused-ring (bicyclic) bond motifs is 2. The average Bonchev–Trinajstić information content (AvgIpc) is 3.15. The van der Waals surface area contributed by atoms with Crippen LogP contribution in [0.1, 0.15) is 28.9 Å². The van der Waals surface area contributed by atoms with Crippen molar-refractivity contribution in [3.8, 4) is 0 Å². The lowest BCUT2D eigenvalue weighted by molar-refractivity contribution is 0.0743. The van der Waals surface area contributed by atoms with Gasteiger partial charge in [0.15, 0.2) is 11.6 Å². The Bertz CT molecular complexity index is 1330. The quantitative estimate of drug-likeness (QED) is 0.566. The van der Waals surface area contributed by atoms with Gasteiger partial charge in [0.25, 0.3) is 11.5 Å². The summed E-state index contributed by atoms with van der Waals surface area (Å²) in [5, 5.41) is -0.181. The SMILES string of the molecule is CC(c1c[nH]c(=O)c2c(F)c(F)ccc12)N(C)C(=O)c1cc2c(F)cccn2c1. The number of nitrogens with zero attached hydrogens (tertiary/aromatic N) is 2. The smallest absolute Gasteiger partial charge is 0.258 e. The highest BCUT2D eigenvalue weighted by Gasteiger charge is 2.24. The average molecular weight is 399 g/mol. The van der Waals surface area contributed by atoms with Crippen molar-refractivity contribution in [1.82, 2.24) is 14.3 Å². The Kier molecular flexibility index (Phi) is 4.41. The predicted octanol–water partition coefficient (Wildman–Crippen LogP) is 4.03.